The van der Waals surface area contributed by atoms with Crippen LogP contribution in [0.5, 0.6) is 0 Å². The van der Waals surface area contributed by atoms with Crippen molar-refractivity contribution in [3.8, 4) is 0 Å². The maximum absolute atomic E-state index is 5.88. The van der Waals surface area contributed by atoms with Gasteiger partial charge in [-0.05, 0) is 27.8 Å². The molecular weight excluding hydrogens is 226 g/mol. The van der Waals surface area contributed by atoms with Gasteiger partial charge in [0.05, 0.1) is 5.69 Å². The summed E-state index contributed by atoms with van der Waals surface area (Å²) in [5, 5.41) is 4.51. The maximum Gasteiger partial charge on any atom is 0.131 e. The Morgan fingerprint density at radius 2 is 1.78 bits per heavy atom. The summed E-state index contributed by atoms with van der Waals surface area (Å²) in [6.45, 7) is 9.21. The number of aromatic nitrogens is 2. The Morgan fingerprint density at radius 1 is 1.22 bits per heavy atom. The van der Waals surface area contributed by atoms with E-state index in [2.05, 4.69) is 35.8 Å². The number of nitrogens with two attached hydrogens (primary N) is 1. The van der Waals surface area contributed by atoms with Crippen LogP contribution in [0.2, 0.25) is 0 Å². The normalized spacial score (nSPS) is 25.8. The molecule has 5 heteroatoms. The van der Waals surface area contributed by atoms with Crippen molar-refractivity contribution in [2.75, 3.05) is 25.0 Å². The summed E-state index contributed by atoms with van der Waals surface area (Å²) in [5.74, 6) is 1.20. The van der Waals surface area contributed by atoms with Crippen molar-refractivity contribution in [3.63, 3.8) is 0 Å². The molecule has 0 bridgehead atoms. The van der Waals surface area contributed by atoms with Crippen molar-refractivity contribution >= 4 is 5.82 Å². The fourth-order valence-electron chi connectivity index (χ4n) is 2.90. The van der Waals surface area contributed by atoms with E-state index < -0.39 is 0 Å². The van der Waals surface area contributed by atoms with E-state index in [4.69, 9.17) is 5.73 Å². The monoisotopic (exact) mass is 251 g/mol. The number of rotatable bonds is 2. The van der Waals surface area contributed by atoms with Gasteiger partial charge in [-0.2, -0.15) is 5.10 Å². The van der Waals surface area contributed by atoms with E-state index >= 15 is 0 Å². The molecule has 1 saturated heterocycles. The summed E-state index contributed by atoms with van der Waals surface area (Å²) < 4.78 is 1.97. The van der Waals surface area contributed by atoms with Crippen LogP contribution in [0, 0.1) is 6.92 Å². The average molecular weight is 251 g/mol. The molecule has 1 aromatic heterocycles. The summed E-state index contributed by atoms with van der Waals surface area (Å²) in [5.41, 5.74) is 8.11. The predicted molar refractivity (Wildman–Crippen MR) is 74.7 cm³/mol. The highest BCUT2D eigenvalue weighted by atomic mass is 15.4. The zero-order valence-corrected chi connectivity index (χ0v) is 12.1. The Kier molecular flexibility index (Phi) is 3.64. The minimum absolute atomic E-state index is 0.551. The van der Waals surface area contributed by atoms with Crippen LogP contribution in [0.15, 0.2) is 0 Å². The fraction of sp³-hybridized carbons (Fsp3) is 0.769. The molecule has 1 fully saturated rings. The fourth-order valence-corrected chi connectivity index (χ4v) is 2.90. The lowest BCUT2D eigenvalue weighted by atomic mass is 10.1. The molecule has 0 radical (unpaired) electrons. The zero-order chi connectivity index (χ0) is 13.4. The van der Waals surface area contributed by atoms with Gasteiger partial charge in [-0.25, -0.2) is 0 Å². The first-order valence-electron chi connectivity index (χ1n) is 6.65. The third-order valence-corrected chi connectivity index (χ3v) is 4.18. The van der Waals surface area contributed by atoms with E-state index in [0.717, 1.165) is 18.8 Å². The summed E-state index contributed by atoms with van der Waals surface area (Å²) in [7, 11) is 4.21. The lowest BCUT2D eigenvalue weighted by Crippen LogP contribution is -2.55. The van der Waals surface area contributed by atoms with Crippen molar-refractivity contribution in [2.45, 2.75) is 39.4 Å². The van der Waals surface area contributed by atoms with Gasteiger partial charge in [-0.15, -0.1) is 0 Å². The highest BCUT2D eigenvalue weighted by molar-refractivity contribution is 5.51. The quantitative estimate of drug-likeness (QED) is 0.841. The van der Waals surface area contributed by atoms with Crippen molar-refractivity contribution in [3.05, 3.63) is 11.3 Å². The van der Waals surface area contributed by atoms with Crippen molar-refractivity contribution in [1.29, 1.82) is 0 Å². The van der Waals surface area contributed by atoms with Crippen LogP contribution in [0.4, 0.5) is 5.82 Å². The number of anilines is 1. The molecule has 0 saturated carbocycles. The van der Waals surface area contributed by atoms with Crippen LogP contribution in [0.1, 0.15) is 25.1 Å². The van der Waals surface area contributed by atoms with Crippen molar-refractivity contribution < 1.29 is 0 Å². The lowest BCUT2D eigenvalue weighted by Gasteiger charge is -2.43. The Bertz CT molecular complexity index is 413. The molecule has 2 rings (SSSR count). The summed E-state index contributed by atoms with van der Waals surface area (Å²) in [6, 6.07) is 1.10. The second-order valence-electron chi connectivity index (χ2n) is 5.48. The van der Waals surface area contributed by atoms with Gasteiger partial charge in [0, 0.05) is 44.3 Å². The minimum atomic E-state index is 0.551. The van der Waals surface area contributed by atoms with Gasteiger partial charge in [0.1, 0.15) is 5.82 Å². The summed E-state index contributed by atoms with van der Waals surface area (Å²) in [6.07, 6.45) is 0. The third kappa shape index (κ3) is 2.12. The molecular formula is C13H25N5. The summed E-state index contributed by atoms with van der Waals surface area (Å²) >= 11 is 0. The molecule has 0 aliphatic carbocycles. The van der Waals surface area contributed by atoms with Gasteiger partial charge in [0.25, 0.3) is 0 Å². The molecule has 1 aliphatic rings. The molecule has 0 amide bonds. The first-order valence-corrected chi connectivity index (χ1v) is 6.65. The Balaban J connectivity index is 2.32. The first-order chi connectivity index (χ1) is 8.45. The Labute approximate surface area is 110 Å². The van der Waals surface area contributed by atoms with Gasteiger partial charge in [0.2, 0.25) is 0 Å². The molecule has 2 N–H and O–H groups in total. The second-order valence-corrected chi connectivity index (χ2v) is 5.48. The van der Waals surface area contributed by atoms with E-state index in [1.807, 2.05) is 18.7 Å². The van der Waals surface area contributed by atoms with E-state index in [9.17, 15) is 0 Å². The van der Waals surface area contributed by atoms with Gasteiger partial charge in [-0.3, -0.25) is 9.58 Å². The van der Waals surface area contributed by atoms with Gasteiger partial charge >= 0.3 is 0 Å². The molecule has 2 heterocycles. The molecule has 5 nitrogen and oxygen atoms in total. The van der Waals surface area contributed by atoms with Crippen LogP contribution in [-0.2, 0) is 13.6 Å². The highest BCUT2D eigenvalue weighted by Gasteiger charge is 2.29. The smallest absolute Gasteiger partial charge is 0.131 e. The average Bonchev–Trinajstić information content (AvgIpc) is 2.59. The SMILES string of the molecule is Cc1nn(C)c(N2CC(C)N(C)C(C)C2)c1CN. The van der Waals surface area contributed by atoms with Crippen LogP contribution in [0.3, 0.4) is 0 Å². The van der Waals surface area contributed by atoms with Gasteiger partial charge < -0.3 is 10.6 Å². The lowest BCUT2D eigenvalue weighted by molar-refractivity contribution is 0.169. The molecule has 2 unspecified atom stereocenters. The van der Waals surface area contributed by atoms with E-state index in [1.165, 1.54) is 11.4 Å². The van der Waals surface area contributed by atoms with Crippen LogP contribution < -0.4 is 10.6 Å². The van der Waals surface area contributed by atoms with E-state index in [1.54, 1.807) is 0 Å². The van der Waals surface area contributed by atoms with Gasteiger partial charge in [-0.1, -0.05) is 0 Å². The molecule has 1 aromatic rings. The molecule has 0 spiro atoms. The van der Waals surface area contributed by atoms with Crippen molar-refractivity contribution in [2.24, 2.45) is 12.8 Å². The molecule has 102 valence electrons. The number of hydrogen-bond acceptors (Lipinski definition) is 4. The third-order valence-electron chi connectivity index (χ3n) is 4.18. The number of piperazine rings is 1. The van der Waals surface area contributed by atoms with E-state index in [-0.39, 0.29) is 0 Å². The zero-order valence-electron chi connectivity index (χ0n) is 12.1. The molecule has 2 atom stereocenters. The second kappa shape index (κ2) is 4.90. The number of nitrogens with zero attached hydrogens (tertiary/aromatic N) is 4. The Hall–Kier alpha value is -1.07. The standard InChI is InChI=1S/C13H25N5/c1-9-7-18(8-10(2)16(9)4)13-12(6-14)11(3)15-17(13)5/h9-10H,6-8,14H2,1-5H3. The molecule has 1 aliphatic heterocycles. The minimum Gasteiger partial charge on any atom is -0.353 e. The number of aryl methyl sites for hydroxylation is 2. The van der Waals surface area contributed by atoms with Gasteiger partial charge in [0.15, 0.2) is 0 Å². The van der Waals surface area contributed by atoms with Crippen molar-refractivity contribution in [1.82, 2.24) is 14.7 Å². The summed E-state index contributed by atoms with van der Waals surface area (Å²) in [4.78, 5) is 4.86. The molecule has 18 heavy (non-hydrogen) atoms. The number of hydrogen-bond donors (Lipinski definition) is 1. The first kappa shape index (κ1) is 13.4. The molecule has 0 aromatic carbocycles. The largest absolute Gasteiger partial charge is 0.353 e. The maximum atomic E-state index is 5.88. The van der Waals surface area contributed by atoms with E-state index in [0.29, 0.717) is 18.6 Å². The van der Waals surface area contributed by atoms with Crippen LogP contribution in [0.25, 0.3) is 0 Å². The highest BCUT2D eigenvalue weighted by Crippen LogP contribution is 2.26. The number of likely N-dealkylation sites (N-methyl/N-ethyl adjacent to an activating group) is 1. The van der Waals surface area contributed by atoms with Crippen LogP contribution in [-0.4, -0.2) is 46.9 Å². The topological polar surface area (TPSA) is 50.3 Å². The van der Waals surface area contributed by atoms with Crippen LogP contribution >= 0.6 is 0 Å². The predicted octanol–water partition coefficient (Wildman–Crippen LogP) is 0.716. The Morgan fingerprint density at radius 3 is 2.28 bits per heavy atom.